The van der Waals surface area contributed by atoms with Crippen molar-refractivity contribution < 1.29 is 8.78 Å². The van der Waals surface area contributed by atoms with Crippen molar-refractivity contribution >= 4 is 31.9 Å². The molecule has 1 unspecified atom stereocenters. The molecule has 0 radical (unpaired) electrons. The molecule has 0 heterocycles. The number of nitrogens with one attached hydrogen (secondary N) is 1. The minimum absolute atomic E-state index is 0.207. The zero-order valence-electron chi connectivity index (χ0n) is 11.5. The lowest BCUT2D eigenvalue weighted by Crippen LogP contribution is -2.24. The van der Waals surface area contributed by atoms with Crippen LogP contribution < -0.4 is 5.32 Å². The molecule has 2 rings (SSSR count). The number of halogens is 4. The van der Waals surface area contributed by atoms with Gasteiger partial charge in [0.15, 0.2) is 0 Å². The highest BCUT2D eigenvalue weighted by atomic mass is 79.9. The van der Waals surface area contributed by atoms with Gasteiger partial charge < -0.3 is 5.32 Å². The molecule has 0 amide bonds. The van der Waals surface area contributed by atoms with Gasteiger partial charge in [-0.1, -0.05) is 41.1 Å². The molecular weight excluding hydrogens is 404 g/mol. The molecule has 1 nitrogen and oxygen atoms in total. The van der Waals surface area contributed by atoms with E-state index in [2.05, 4.69) is 37.2 Å². The molecule has 0 aliphatic carbocycles. The largest absolute Gasteiger partial charge is 0.310 e. The van der Waals surface area contributed by atoms with Crippen molar-refractivity contribution in [2.24, 2.45) is 0 Å². The first kappa shape index (κ1) is 16.6. The van der Waals surface area contributed by atoms with Crippen molar-refractivity contribution in [3.8, 4) is 0 Å². The minimum Gasteiger partial charge on any atom is -0.310 e. The van der Waals surface area contributed by atoms with E-state index in [0.717, 1.165) is 5.56 Å². The molecule has 112 valence electrons. The number of benzene rings is 2. The molecule has 0 saturated carbocycles. The van der Waals surface area contributed by atoms with E-state index in [1.807, 2.05) is 19.1 Å². The van der Waals surface area contributed by atoms with Gasteiger partial charge in [0.05, 0.1) is 4.47 Å². The summed E-state index contributed by atoms with van der Waals surface area (Å²) in [5.74, 6) is -0.582. The Bertz CT molecular complexity index is 632. The summed E-state index contributed by atoms with van der Waals surface area (Å²) in [6, 6.07) is 9.70. The van der Waals surface area contributed by atoms with E-state index < -0.39 is 0 Å². The van der Waals surface area contributed by atoms with Crippen LogP contribution in [0.5, 0.6) is 0 Å². The Balaban J connectivity index is 2.33. The number of rotatable bonds is 5. The fraction of sp³-hybridized carbons (Fsp3) is 0.250. The zero-order chi connectivity index (χ0) is 15.4. The fourth-order valence-electron chi connectivity index (χ4n) is 2.25. The molecule has 0 spiro atoms. The first-order valence-corrected chi connectivity index (χ1v) is 8.22. The van der Waals surface area contributed by atoms with Crippen LogP contribution in [0.2, 0.25) is 0 Å². The van der Waals surface area contributed by atoms with Gasteiger partial charge in [0.2, 0.25) is 0 Å². The molecule has 2 aromatic rings. The molecule has 0 bridgehead atoms. The lowest BCUT2D eigenvalue weighted by atomic mass is 9.98. The van der Waals surface area contributed by atoms with Crippen LogP contribution in [0, 0.1) is 11.6 Å². The third kappa shape index (κ3) is 4.11. The predicted octanol–water partition coefficient (Wildman–Crippen LogP) is 5.38. The van der Waals surface area contributed by atoms with Crippen LogP contribution in [0.25, 0.3) is 0 Å². The SMILES string of the molecule is CCNC(Cc1cccc(F)c1Br)c1ccc(Br)cc1F. The average molecular weight is 419 g/mol. The lowest BCUT2D eigenvalue weighted by Gasteiger charge is -2.20. The Labute approximate surface area is 140 Å². The highest BCUT2D eigenvalue weighted by Gasteiger charge is 2.17. The predicted molar refractivity (Wildman–Crippen MR) is 88.3 cm³/mol. The van der Waals surface area contributed by atoms with Gasteiger partial charge >= 0.3 is 0 Å². The van der Waals surface area contributed by atoms with Crippen molar-refractivity contribution in [1.82, 2.24) is 5.32 Å². The quantitative estimate of drug-likeness (QED) is 0.686. The summed E-state index contributed by atoms with van der Waals surface area (Å²) in [6.07, 6.45) is 0.505. The Morgan fingerprint density at radius 3 is 2.52 bits per heavy atom. The highest BCUT2D eigenvalue weighted by molar-refractivity contribution is 9.10. The van der Waals surface area contributed by atoms with E-state index in [9.17, 15) is 8.78 Å². The van der Waals surface area contributed by atoms with Gasteiger partial charge in [-0.15, -0.1) is 0 Å². The maximum atomic E-state index is 14.2. The number of hydrogen-bond donors (Lipinski definition) is 1. The van der Waals surface area contributed by atoms with E-state index >= 15 is 0 Å². The van der Waals surface area contributed by atoms with Crippen molar-refractivity contribution in [3.05, 3.63) is 68.1 Å². The average Bonchev–Trinajstić information content (AvgIpc) is 2.43. The molecule has 0 aromatic heterocycles. The van der Waals surface area contributed by atoms with Gasteiger partial charge in [-0.05, 0) is 52.7 Å². The van der Waals surface area contributed by atoms with Gasteiger partial charge in [-0.25, -0.2) is 8.78 Å². The van der Waals surface area contributed by atoms with Crippen LogP contribution >= 0.6 is 31.9 Å². The third-order valence-electron chi connectivity index (χ3n) is 3.24. The van der Waals surface area contributed by atoms with Crippen LogP contribution in [0.3, 0.4) is 0 Å². The van der Waals surface area contributed by atoms with E-state index in [1.165, 1.54) is 12.1 Å². The van der Waals surface area contributed by atoms with Crippen molar-refractivity contribution in [2.75, 3.05) is 6.54 Å². The minimum atomic E-state index is -0.306. The number of likely N-dealkylation sites (N-methyl/N-ethyl adjacent to an activating group) is 1. The van der Waals surface area contributed by atoms with Crippen molar-refractivity contribution in [3.63, 3.8) is 0 Å². The van der Waals surface area contributed by atoms with Crippen LogP contribution in [-0.4, -0.2) is 6.54 Å². The zero-order valence-corrected chi connectivity index (χ0v) is 14.6. The van der Waals surface area contributed by atoms with E-state index in [1.54, 1.807) is 12.1 Å². The van der Waals surface area contributed by atoms with Crippen molar-refractivity contribution in [1.29, 1.82) is 0 Å². The van der Waals surface area contributed by atoms with Gasteiger partial charge in [0, 0.05) is 16.1 Å². The molecular formula is C16H15Br2F2N. The van der Waals surface area contributed by atoms with Gasteiger partial charge in [0.25, 0.3) is 0 Å². The second-order valence-electron chi connectivity index (χ2n) is 4.69. The molecule has 5 heteroatoms. The normalized spacial score (nSPS) is 12.4. The molecule has 2 aromatic carbocycles. The van der Waals surface area contributed by atoms with Gasteiger partial charge in [0.1, 0.15) is 11.6 Å². The van der Waals surface area contributed by atoms with Gasteiger partial charge in [-0.2, -0.15) is 0 Å². The maximum Gasteiger partial charge on any atom is 0.137 e. The van der Waals surface area contributed by atoms with Crippen LogP contribution in [0.15, 0.2) is 45.3 Å². The van der Waals surface area contributed by atoms with Crippen LogP contribution in [-0.2, 0) is 6.42 Å². The summed E-state index contributed by atoms with van der Waals surface area (Å²) in [5, 5.41) is 3.26. The standard InChI is InChI=1S/C16H15Br2F2N/c1-2-21-15(12-7-6-11(17)9-14(12)20)8-10-4-3-5-13(19)16(10)18/h3-7,9,15,21H,2,8H2,1H3. The summed E-state index contributed by atoms with van der Waals surface area (Å²) in [4.78, 5) is 0. The van der Waals surface area contributed by atoms with E-state index in [-0.39, 0.29) is 17.7 Å². The second-order valence-corrected chi connectivity index (χ2v) is 6.40. The fourth-order valence-corrected chi connectivity index (χ4v) is 3.01. The number of hydrogen-bond acceptors (Lipinski definition) is 1. The molecule has 1 atom stereocenters. The second kappa shape index (κ2) is 7.47. The highest BCUT2D eigenvalue weighted by Crippen LogP contribution is 2.28. The van der Waals surface area contributed by atoms with E-state index in [0.29, 0.717) is 27.5 Å². The van der Waals surface area contributed by atoms with Crippen molar-refractivity contribution in [2.45, 2.75) is 19.4 Å². The Kier molecular flexibility index (Phi) is 5.90. The Hall–Kier alpha value is -0.780. The monoisotopic (exact) mass is 417 g/mol. The molecule has 21 heavy (non-hydrogen) atoms. The van der Waals surface area contributed by atoms with Crippen LogP contribution in [0.4, 0.5) is 8.78 Å². The third-order valence-corrected chi connectivity index (χ3v) is 4.63. The molecule has 1 N–H and O–H groups in total. The molecule has 0 fully saturated rings. The van der Waals surface area contributed by atoms with Crippen LogP contribution in [0.1, 0.15) is 24.1 Å². The first-order chi connectivity index (χ1) is 10.0. The molecule has 0 aliphatic rings. The Morgan fingerprint density at radius 1 is 1.10 bits per heavy atom. The van der Waals surface area contributed by atoms with E-state index in [4.69, 9.17) is 0 Å². The lowest BCUT2D eigenvalue weighted by molar-refractivity contribution is 0.507. The summed E-state index contributed by atoms with van der Waals surface area (Å²) in [7, 11) is 0. The smallest absolute Gasteiger partial charge is 0.137 e. The molecule has 0 saturated heterocycles. The summed E-state index contributed by atoms with van der Waals surface area (Å²) in [6.45, 7) is 2.66. The summed E-state index contributed by atoms with van der Waals surface area (Å²) >= 11 is 6.51. The molecule has 0 aliphatic heterocycles. The Morgan fingerprint density at radius 2 is 1.86 bits per heavy atom. The first-order valence-electron chi connectivity index (χ1n) is 6.64. The topological polar surface area (TPSA) is 12.0 Å². The van der Waals surface area contributed by atoms with Gasteiger partial charge in [-0.3, -0.25) is 0 Å². The summed E-state index contributed by atoms with van der Waals surface area (Å²) < 4.78 is 28.9. The maximum absolute atomic E-state index is 14.2. The summed E-state index contributed by atoms with van der Waals surface area (Å²) in [5.41, 5.74) is 1.39.